The van der Waals surface area contributed by atoms with Crippen molar-refractivity contribution in [1.82, 2.24) is 4.98 Å². The fourth-order valence-corrected chi connectivity index (χ4v) is 3.50. The number of hydrogen-bond acceptors (Lipinski definition) is 6. The molecule has 0 aliphatic carbocycles. The van der Waals surface area contributed by atoms with Gasteiger partial charge >= 0.3 is 0 Å². The van der Waals surface area contributed by atoms with E-state index in [4.69, 9.17) is 20.8 Å². The van der Waals surface area contributed by atoms with Crippen LogP contribution in [-0.2, 0) is 4.79 Å². The van der Waals surface area contributed by atoms with Crippen molar-refractivity contribution >= 4 is 44.9 Å². The Morgan fingerprint density at radius 2 is 2.07 bits per heavy atom. The Morgan fingerprint density at radius 3 is 2.79 bits per heavy atom. The number of aryl methyl sites for hydroxylation is 1. The van der Waals surface area contributed by atoms with Gasteiger partial charge < -0.3 is 9.15 Å². The van der Waals surface area contributed by atoms with Gasteiger partial charge in [0.2, 0.25) is 11.2 Å². The molecule has 0 saturated heterocycles. The van der Waals surface area contributed by atoms with Crippen LogP contribution in [0.4, 0.5) is 5.13 Å². The Morgan fingerprint density at radius 1 is 1.28 bits per heavy atom. The van der Waals surface area contributed by atoms with Gasteiger partial charge in [-0.15, -0.1) is 11.3 Å². The quantitative estimate of drug-likeness (QED) is 0.491. The fraction of sp³-hybridized carbons (Fsp3) is 0.0952. The zero-order valence-electron chi connectivity index (χ0n) is 15.3. The number of fused-ring (bicyclic) bond motifs is 1. The lowest BCUT2D eigenvalue weighted by atomic mass is 10.1. The van der Waals surface area contributed by atoms with Crippen molar-refractivity contribution in [3.8, 4) is 17.1 Å². The summed E-state index contributed by atoms with van der Waals surface area (Å²) in [6.45, 7) is 1.46. The van der Waals surface area contributed by atoms with Gasteiger partial charge in [-0.1, -0.05) is 41.9 Å². The van der Waals surface area contributed by atoms with Gasteiger partial charge in [0.15, 0.2) is 17.5 Å². The van der Waals surface area contributed by atoms with E-state index in [0.29, 0.717) is 21.3 Å². The van der Waals surface area contributed by atoms with Crippen LogP contribution in [0.5, 0.6) is 5.75 Å². The molecule has 8 heteroatoms. The van der Waals surface area contributed by atoms with E-state index < -0.39 is 11.3 Å². The molecule has 2 aromatic carbocycles. The molecule has 0 spiro atoms. The summed E-state index contributed by atoms with van der Waals surface area (Å²) in [4.78, 5) is 29.3. The molecule has 6 nitrogen and oxygen atoms in total. The van der Waals surface area contributed by atoms with E-state index in [0.717, 1.165) is 5.56 Å². The predicted octanol–water partition coefficient (Wildman–Crippen LogP) is 4.90. The minimum atomic E-state index is -0.430. The molecule has 146 valence electrons. The summed E-state index contributed by atoms with van der Waals surface area (Å²) >= 11 is 7.47. The molecule has 0 saturated carbocycles. The van der Waals surface area contributed by atoms with Crippen LogP contribution >= 0.6 is 22.9 Å². The number of nitrogens with one attached hydrogen (secondary N) is 1. The average Bonchev–Trinajstić information content (AvgIpc) is 3.22. The van der Waals surface area contributed by atoms with Crippen molar-refractivity contribution in [2.75, 3.05) is 11.9 Å². The number of anilines is 1. The highest BCUT2D eigenvalue weighted by Crippen LogP contribution is 2.32. The molecule has 1 amide bonds. The Balaban J connectivity index is 1.76. The molecular weight excluding hydrogens is 412 g/mol. The maximum absolute atomic E-state index is 13.1. The summed E-state index contributed by atoms with van der Waals surface area (Å²) in [5.74, 6) is -0.217. The van der Waals surface area contributed by atoms with Crippen molar-refractivity contribution in [3.63, 3.8) is 0 Å². The number of carbonyl (C=O) groups excluding carboxylic acids is 1. The minimum Gasteiger partial charge on any atom is -0.476 e. The maximum atomic E-state index is 13.1. The highest BCUT2D eigenvalue weighted by molar-refractivity contribution is 7.13. The predicted molar refractivity (Wildman–Crippen MR) is 114 cm³/mol. The molecule has 0 unspecified atom stereocenters. The molecule has 0 atom stereocenters. The molecule has 0 fully saturated rings. The van der Waals surface area contributed by atoms with Crippen LogP contribution < -0.4 is 15.5 Å². The van der Waals surface area contributed by atoms with Crippen molar-refractivity contribution in [2.45, 2.75) is 6.92 Å². The third-order valence-electron chi connectivity index (χ3n) is 4.19. The number of carbonyl (C=O) groups is 1. The van der Waals surface area contributed by atoms with Crippen LogP contribution in [0.2, 0.25) is 5.02 Å². The van der Waals surface area contributed by atoms with E-state index in [1.807, 2.05) is 25.1 Å². The number of hydrogen-bond donors (Lipinski definition) is 1. The van der Waals surface area contributed by atoms with Crippen molar-refractivity contribution in [3.05, 3.63) is 74.9 Å². The Labute approximate surface area is 174 Å². The van der Waals surface area contributed by atoms with Crippen molar-refractivity contribution in [2.24, 2.45) is 0 Å². The molecule has 2 heterocycles. The number of amides is 1. The summed E-state index contributed by atoms with van der Waals surface area (Å²) in [6, 6.07) is 12.4. The third-order valence-corrected chi connectivity index (χ3v) is 5.29. The highest BCUT2D eigenvalue weighted by atomic mass is 35.5. The van der Waals surface area contributed by atoms with Crippen LogP contribution in [0.25, 0.3) is 22.3 Å². The van der Waals surface area contributed by atoms with Crippen LogP contribution in [0, 0.1) is 6.92 Å². The minimum absolute atomic E-state index is 0.0436. The van der Waals surface area contributed by atoms with E-state index in [1.165, 1.54) is 11.3 Å². The lowest BCUT2D eigenvalue weighted by Gasteiger charge is -2.12. The smallest absolute Gasteiger partial charge is 0.264 e. The molecule has 0 aliphatic heterocycles. The first-order valence-corrected chi connectivity index (χ1v) is 9.93. The Kier molecular flexibility index (Phi) is 5.33. The van der Waals surface area contributed by atoms with Crippen molar-refractivity contribution < 1.29 is 13.9 Å². The molecule has 29 heavy (non-hydrogen) atoms. The van der Waals surface area contributed by atoms with E-state index in [1.54, 1.807) is 35.8 Å². The number of halogens is 1. The lowest BCUT2D eigenvalue weighted by Crippen LogP contribution is -2.22. The van der Waals surface area contributed by atoms with E-state index in [9.17, 15) is 9.59 Å². The topological polar surface area (TPSA) is 81.4 Å². The number of rotatable bonds is 5. The zero-order chi connectivity index (χ0) is 20.4. The third kappa shape index (κ3) is 4.01. The van der Waals surface area contributed by atoms with E-state index in [2.05, 4.69) is 10.3 Å². The molecule has 4 rings (SSSR count). The first kappa shape index (κ1) is 19.2. The molecule has 0 radical (unpaired) electrons. The first-order valence-electron chi connectivity index (χ1n) is 8.67. The normalized spacial score (nSPS) is 10.8. The van der Waals surface area contributed by atoms with Gasteiger partial charge in [0.25, 0.3) is 5.91 Å². The molecule has 0 aliphatic rings. The first-order chi connectivity index (χ1) is 14.0. The second-order valence-corrected chi connectivity index (χ2v) is 7.53. The van der Waals surface area contributed by atoms with Crippen LogP contribution in [0.1, 0.15) is 5.56 Å². The summed E-state index contributed by atoms with van der Waals surface area (Å²) in [5.41, 5.74) is 1.46. The van der Waals surface area contributed by atoms with Gasteiger partial charge in [0.1, 0.15) is 5.58 Å². The number of aromatic nitrogens is 1. The number of nitrogens with zero attached hydrogens (tertiary/aromatic N) is 1. The Bertz CT molecular complexity index is 1240. The fourth-order valence-electron chi connectivity index (χ4n) is 2.79. The average molecular weight is 427 g/mol. The molecule has 0 bridgehead atoms. The molecule has 4 aromatic rings. The standard InChI is InChI=1S/C21H15ClN2O4S/c1-12-9-16-14(10-15(12)22)18(26)20(19(28-16)13-5-3-2-4-6-13)27-11-17(25)24-21-23-7-8-29-21/h2-10H,11H2,1H3,(H,23,24,25). The Hall–Kier alpha value is -3.16. The molecule has 1 N–H and O–H groups in total. The second kappa shape index (κ2) is 8.06. The van der Waals surface area contributed by atoms with E-state index >= 15 is 0 Å². The number of benzene rings is 2. The lowest BCUT2D eigenvalue weighted by molar-refractivity contribution is -0.118. The largest absolute Gasteiger partial charge is 0.476 e. The number of ether oxygens (including phenoxy) is 1. The molecular formula is C21H15ClN2O4S. The summed E-state index contributed by atoms with van der Waals surface area (Å²) < 4.78 is 11.6. The monoisotopic (exact) mass is 426 g/mol. The van der Waals surface area contributed by atoms with Gasteiger partial charge in [-0.2, -0.15) is 0 Å². The molecule has 2 aromatic heterocycles. The van der Waals surface area contributed by atoms with Gasteiger partial charge in [0, 0.05) is 22.2 Å². The zero-order valence-corrected chi connectivity index (χ0v) is 16.8. The van der Waals surface area contributed by atoms with Crippen LogP contribution in [0.3, 0.4) is 0 Å². The highest BCUT2D eigenvalue weighted by Gasteiger charge is 2.20. The van der Waals surface area contributed by atoms with Crippen molar-refractivity contribution in [1.29, 1.82) is 0 Å². The SMILES string of the molecule is Cc1cc2oc(-c3ccccc3)c(OCC(=O)Nc3nccs3)c(=O)c2cc1Cl. The van der Waals surface area contributed by atoms with Crippen LogP contribution in [0.15, 0.2) is 63.3 Å². The van der Waals surface area contributed by atoms with Gasteiger partial charge in [0.05, 0.1) is 5.39 Å². The van der Waals surface area contributed by atoms with E-state index in [-0.39, 0.29) is 23.5 Å². The van der Waals surface area contributed by atoms with Crippen LogP contribution in [-0.4, -0.2) is 17.5 Å². The summed E-state index contributed by atoms with van der Waals surface area (Å²) in [5, 5.41) is 5.55. The van der Waals surface area contributed by atoms with Gasteiger partial charge in [-0.25, -0.2) is 4.98 Å². The maximum Gasteiger partial charge on any atom is 0.264 e. The second-order valence-electron chi connectivity index (χ2n) is 6.23. The van der Waals surface area contributed by atoms with Gasteiger partial charge in [-0.3, -0.25) is 14.9 Å². The number of thiazole rings is 1. The summed E-state index contributed by atoms with van der Waals surface area (Å²) in [6.07, 6.45) is 1.58. The summed E-state index contributed by atoms with van der Waals surface area (Å²) in [7, 11) is 0. The van der Waals surface area contributed by atoms with Gasteiger partial charge in [-0.05, 0) is 24.6 Å².